The van der Waals surface area contributed by atoms with Gasteiger partial charge in [0.25, 0.3) is 0 Å². The van der Waals surface area contributed by atoms with Crippen LogP contribution in [0.4, 0.5) is 0 Å². The molecule has 0 saturated carbocycles. The molecule has 0 heterocycles. The van der Waals surface area contributed by atoms with Crippen LogP contribution in [0.25, 0.3) is 0 Å². The summed E-state index contributed by atoms with van der Waals surface area (Å²) in [6, 6.07) is 11.6. The van der Waals surface area contributed by atoms with Crippen molar-refractivity contribution >= 4 is 11.8 Å². The number of hydrogen-bond acceptors (Lipinski definition) is 5. The van der Waals surface area contributed by atoms with E-state index >= 15 is 0 Å². The number of ether oxygens (including phenoxy) is 3. The third kappa shape index (κ3) is 6.37. The van der Waals surface area contributed by atoms with Gasteiger partial charge in [0.05, 0.1) is 26.2 Å². The molecule has 0 aromatic heterocycles. The van der Waals surface area contributed by atoms with Crippen molar-refractivity contribution in [3.05, 3.63) is 58.7 Å². The number of methoxy groups -OCH3 is 1. The summed E-state index contributed by atoms with van der Waals surface area (Å²) >= 11 is 0. The van der Waals surface area contributed by atoms with E-state index in [1.165, 1.54) is 18.2 Å². The molecule has 0 spiro atoms. The first-order chi connectivity index (χ1) is 16.1. The van der Waals surface area contributed by atoms with Crippen molar-refractivity contribution < 1.29 is 23.8 Å². The largest absolute Gasteiger partial charge is 0.493 e. The molecule has 2 aromatic carbocycles. The molecular weight excluding hydrogens is 416 g/mol. The number of ketones is 1. The van der Waals surface area contributed by atoms with Gasteiger partial charge < -0.3 is 14.2 Å². The molecule has 178 valence electrons. The molecule has 33 heavy (non-hydrogen) atoms. The Labute approximate surface area is 197 Å². The number of fused-ring (bicyclic) bond motifs is 1. The van der Waals surface area contributed by atoms with E-state index in [4.69, 9.17) is 14.2 Å². The zero-order chi connectivity index (χ0) is 23.6. The van der Waals surface area contributed by atoms with Crippen LogP contribution in [0.1, 0.15) is 85.3 Å². The number of benzene rings is 2. The molecule has 5 heteroatoms. The SMILES string of the molecule is CCCc1c(OCCCCCOc2ccccc2C(C)C(=O)OC)ccc2c1CCCC2=O. The van der Waals surface area contributed by atoms with Crippen molar-refractivity contribution in [2.45, 2.75) is 71.1 Å². The third-order valence-electron chi connectivity index (χ3n) is 6.26. The number of carbonyl (C=O) groups excluding carboxylic acids is 2. The molecule has 0 radical (unpaired) electrons. The summed E-state index contributed by atoms with van der Waals surface area (Å²) in [6.45, 7) is 5.24. The van der Waals surface area contributed by atoms with Crippen LogP contribution >= 0.6 is 0 Å². The summed E-state index contributed by atoms with van der Waals surface area (Å²) in [4.78, 5) is 24.1. The number of esters is 1. The van der Waals surface area contributed by atoms with Crippen LogP contribution < -0.4 is 9.47 Å². The van der Waals surface area contributed by atoms with Crippen LogP contribution in [-0.2, 0) is 22.4 Å². The molecule has 5 nitrogen and oxygen atoms in total. The molecule has 1 unspecified atom stereocenters. The maximum atomic E-state index is 12.2. The fourth-order valence-corrected chi connectivity index (χ4v) is 4.46. The second-order valence-corrected chi connectivity index (χ2v) is 8.64. The van der Waals surface area contributed by atoms with Gasteiger partial charge in [0.15, 0.2) is 5.78 Å². The topological polar surface area (TPSA) is 61.8 Å². The highest BCUT2D eigenvalue weighted by atomic mass is 16.5. The maximum absolute atomic E-state index is 12.2. The van der Waals surface area contributed by atoms with Crippen molar-refractivity contribution in [2.75, 3.05) is 20.3 Å². The smallest absolute Gasteiger partial charge is 0.312 e. The summed E-state index contributed by atoms with van der Waals surface area (Å²) in [5.41, 5.74) is 4.18. The van der Waals surface area contributed by atoms with Gasteiger partial charge in [-0.15, -0.1) is 0 Å². The average molecular weight is 453 g/mol. The Balaban J connectivity index is 1.46. The number of hydrogen-bond donors (Lipinski definition) is 0. The highest BCUT2D eigenvalue weighted by Gasteiger charge is 2.22. The molecule has 0 amide bonds. The lowest BCUT2D eigenvalue weighted by molar-refractivity contribution is -0.142. The summed E-state index contributed by atoms with van der Waals surface area (Å²) in [5, 5.41) is 0. The van der Waals surface area contributed by atoms with E-state index in [0.29, 0.717) is 19.6 Å². The van der Waals surface area contributed by atoms with E-state index in [2.05, 4.69) is 6.92 Å². The van der Waals surface area contributed by atoms with Gasteiger partial charge in [0.1, 0.15) is 11.5 Å². The van der Waals surface area contributed by atoms with Gasteiger partial charge in [-0.2, -0.15) is 0 Å². The van der Waals surface area contributed by atoms with Gasteiger partial charge in [0.2, 0.25) is 0 Å². The number of Topliss-reactive ketones (excluding diaryl/α,β-unsaturated/α-hetero) is 1. The van der Waals surface area contributed by atoms with E-state index in [1.807, 2.05) is 43.3 Å². The van der Waals surface area contributed by atoms with Crippen molar-refractivity contribution in [3.63, 3.8) is 0 Å². The molecule has 0 N–H and O–H groups in total. The Kier molecular flexibility index (Phi) is 9.35. The predicted octanol–water partition coefficient (Wildman–Crippen LogP) is 6.06. The molecule has 0 saturated heterocycles. The Hall–Kier alpha value is -2.82. The lowest BCUT2D eigenvalue weighted by Crippen LogP contribution is -2.14. The van der Waals surface area contributed by atoms with Crippen molar-refractivity contribution in [3.8, 4) is 11.5 Å². The van der Waals surface area contributed by atoms with Gasteiger partial charge in [0, 0.05) is 17.5 Å². The standard InChI is InChI=1S/C28H36O5/c1-4-11-24-22-13-10-14-25(29)23(22)16-17-27(24)33-19-9-5-8-18-32-26-15-7-6-12-21(26)20(2)28(30)31-3/h6-7,12,15-17,20H,4-5,8-11,13-14,18-19H2,1-3H3. The summed E-state index contributed by atoms with van der Waals surface area (Å²) in [5.74, 6) is 1.32. The molecule has 1 aliphatic rings. The maximum Gasteiger partial charge on any atom is 0.312 e. The molecule has 3 rings (SSSR count). The number of carbonyl (C=O) groups is 2. The second-order valence-electron chi connectivity index (χ2n) is 8.64. The Morgan fingerprint density at radius 2 is 1.70 bits per heavy atom. The van der Waals surface area contributed by atoms with Crippen LogP contribution in [-0.4, -0.2) is 32.1 Å². The monoisotopic (exact) mass is 452 g/mol. The van der Waals surface area contributed by atoms with E-state index in [0.717, 1.165) is 67.6 Å². The van der Waals surface area contributed by atoms with Crippen LogP contribution in [0.15, 0.2) is 36.4 Å². The minimum Gasteiger partial charge on any atom is -0.493 e. The van der Waals surface area contributed by atoms with Crippen molar-refractivity contribution in [1.82, 2.24) is 0 Å². The lowest BCUT2D eigenvalue weighted by Gasteiger charge is -2.21. The van der Waals surface area contributed by atoms with E-state index in [1.54, 1.807) is 0 Å². The molecule has 0 bridgehead atoms. The molecule has 0 fully saturated rings. The predicted molar refractivity (Wildman–Crippen MR) is 129 cm³/mol. The molecular formula is C28H36O5. The Morgan fingerprint density at radius 1 is 0.970 bits per heavy atom. The van der Waals surface area contributed by atoms with Gasteiger partial charge in [-0.3, -0.25) is 9.59 Å². The van der Waals surface area contributed by atoms with Gasteiger partial charge >= 0.3 is 5.97 Å². The normalized spacial score (nSPS) is 13.8. The van der Waals surface area contributed by atoms with Crippen molar-refractivity contribution in [1.29, 1.82) is 0 Å². The van der Waals surface area contributed by atoms with Crippen LogP contribution in [0.5, 0.6) is 11.5 Å². The van der Waals surface area contributed by atoms with Crippen LogP contribution in [0.2, 0.25) is 0 Å². The minimum atomic E-state index is -0.358. The number of rotatable bonds is 12. The van der Waals surface area contributed by atoms with E-state index in [9.17, 15) is 9.59 Å². The van der Waals surface area contributed by atoms with E-state index in [-0.39, 0.29) is 17.7 Å². The number of unbranched alkanes of at least 4 members (excludes halogenated alkanes) is 2. The van der Waals surface area contributed by atoms with Crippen LogP contribution in [0.3, 0.4) is 0 Å². The van der Waals surface area contributed by atoms with E-state index < -0.39 is 0 Å². The molecule has 2 aromatic rings. The minimum absolute atomic E-state index is 0.266. The quantitative estimate of drug-likeness (QED) is 0.289. The average Bonchev–Trinajstić information content (AvgIpc) is 2.84. The highest BCUT2D eigenvalue weighted by Crippen LogP contribution is 2.32. The Morgan fingerprint density at radius 3 is 2.42 bits per heavy atom. The second kappa shape index (κ2) is 12.4. The molecule has 1 aliphatic carbocycles. The zero-order valence-corrected chi connectivity index (χ0v) is 20.2. The Bertz CT molecular complexity index is 949. The first-order valence-corrected chi connectivity index (χ1v) is 12.2. The van der Waals surface area contributed by atoms with Crippen LogP contribution in [0, 0.1) is 0 Å². The molecule has 0 aliphatic heterocycles. The first-order valence-electron chi connectivity index (χ1n) is 12.2. The third-order valence-corrected chi connectivity index (χ3v) is 6.26. The first kappa shape index (κ1) is 24.8. The number of para-hydroxylation sites is 1. The zero-order valence-electron chi connectivity index (χ0n) is 20.2. The lowest BCUT2D eigenvalue weighted by atomic mass is 9.85. The van der Waals surface area contributed by atoms with Gasteiger partial charge in [-0.25, -0.2) is 0 Å². The fourth-order valence-electron chi connectivity index (χ4n) is 4.46. The van der Waals surface area contributed by atoms with Crippen molar-refractivity contribution in [2.24, 2.45) is 0 Å². The highest BCUT2D eigenvalue weighted by molar-refractivity contribution is 5.99. The summed E-state index contributed by atoms with van der Waals surface area (Å²) < 4.78 is 17.0. The summed E-state index contributed by atoms with van der Waals surface area (Å²) in [6.07, 6.45) is 7.39. The van der Waals surface area contributed by atoms with Gasteiger partial charge in [-0.1, -0.05) is 31.5 Å². The van der Waals surface area contributed by atoms with Gasteiger partial charge in [-0.05, 0) is 74.8 Å². The summed E-state index contributed by atoms with van der Waals surface area (Å²) in [7, 11) is 1.40. The molecule has 1 atom stereocenters. The fraction of sp³-hybridized carbons (Fsp3) is 0.500.